The Hall–Kier alpha value is -3.15. The second-order valence-corrected chi connectivity index (χ2v) is 5.24. The summed E-state index contributed by atoms with van der Waals surface area (Å²) in [5.74, 6) is -0.492. The minimum atomic E-state index is -0.959. The number of aromatic nitrogens is 3. The Labute approximate surface area is 133 Å². The second kappa shape index (κ2) is 5.92. The van der Waals surface area contributed by atoms with Gasteiger partial charge in [0.25, 0.3) is 0 Å². The Morgan fingerprint density at radius 1 is 1.26 bits per heavy atom. The van der Waals surface area contributed by atoms with Crippen LogP contribution < -0.4 is 5.32 Å². The van der Waals surface area contributed by atoms with E-state index in [0.29, 0.717) is 11.6 Å². The molecule has 0 spiro atoms. The summed E-state index contributed by atoms with van der Waals surface area (Å²) < 4.78 is 1.74. The Morgan fingerprint density at radius 3 is 2.74 bits per heavy atom. The lowest BCUT2D eigenvalue weighted by Gasteiger charge is -2.09. The zero-order chi connectivity index (χ0) is 16.4. The van der Waals surface area contributed by atoms with Crippen LogP contribution in [0.3, 0.4) is 0 Å². The molecule has 0 aliphatic rings. The summed E-state index contributed by atoms with van der Waals surface area (Å²) in [5, 5.41) is 12.3. The zero-order valence-corrected chi connectivity index (χ0v) is 12.8. The highest BCUT2D eigenvalue weighted by molar-refractivity contribution is 5.89. The van der Waals surface area contributed by atoms with Gasteiger partial charge in [0, 0.05) is 25.1 Å². The predicted molar refractivity (Wildman–Crippen MR) is 87.9 cm³/mol. The minimum absolute atomic E-state index is 0.231. The van der Waals surface area contributed by atoms with E-state index in [9.17, 15) is 4.79 Å². The van der Waals surface area contributed by atoms with Crippen molar-refractivity contribution in [3.8, 4) is 11.4 Å². The summed E-state index contributed by atoms with van der Waals surface area (Å²) >= 11 is 0. The van der Waals surface area contributed by atoms with Crippen molar-refractivity contribution in [2.45, 2.75) is 6.92 Å². The molecule has 23 heavy (non-hydrogen) atoms. The van der Waals surface area contributed by atoms with Crippen molar-refractivity contribution >= 4 is 17.6 Å². The average molecular weight is 308 g/mol. The van der Waals surface area contributed by atoms with Crippen molar-refractivity contribution in [1.29, 1.82) is 0 Å². The van der Waals surface area contributed by atoms with Crippen molar-refractivity contribution in [2.75, 3.05) is 5.32 Å². The number of hydrogen-bond acceptors (Lipinski definition) is 4. The van der Waals surface area contributed by atoms with Gasteiger partial charge in [0.2, 0.25) is 5.95 Å². The number of carboxylic acids is 1. The molecule has 0 fully saturated rings. The van der Waals surface area contributed by atoms with Crippen molar-refractivity contribution in [2.24, 2.45) is 7.05 Å². The number of carboxylic acid groups (broad SMARTS) is 1. The van der Waals surface area contributed by atoms with Crippen molar-refractivity contribution < 1.29 is 9.90 Å². The van der Waals surface area contributed by atoms with E-state index in [1.54, 1.807) is 36.1 Å². The quantitative estimate of drug-likeness (QED) is 0.773. The van der Waals surface area contributed by atoms with Crippen LogP contribution in [-0.2, 0) is 7.05 Å². The van der Waals surface area contributed by atoms with Gasteiger partial charge in [-0.2, -0.15) is 0 Å². The van der Waals surface area contributed by atoms with E-state index >= 15 is 0 Å². The van der Waals surface area contributed by atoms with Crippen LogP contribution in [0.1, 0.15) is 15.9 Å². The minimum Gasteiger partial charge on any atom is -0.478 e. The van der Waals surface area contributed by atoms with Crippen molar-refractivity contribution in [1.82, 2.24) is 14.5 Å². The van der Waals surface area contributed by atoms with Crippen LogP contribution in [0.2, 0.25) is 0 Å². The third-order valence-electron chi connectivity index (χ3n) is 3.56. The summed E-state index contributed by atoms with van der Waals surface area (Å²) in [4.78, 5) is 19.8. The van der Waals surface area contributed by atoms with Crippen molar-refractivity contribution in [3.63, 3.8) is 0 Å². The molecule has 0 bridgehead atoms. The summed E-state index contributed by atoms with van der Waals surface area (Å²) in [7, 11) is 1.79. The lowest BCUT2D eigenvalue weighted by atomic mass is 10.2. The molecule has 1 aromatic carbocycles. The van der Waals surface area contributed by atoms with E-state index in [-0.39, 0.29) is 5.56 Å². The number of hydrogen-bond donors (Lipinski definition) is 2. The maximum atomic E-state index is 11.1. The van der Waals surface area contributed by atoms with Crippen LogP contribution in [0.5, 0.6) is 0 Å². The molecule has 0 radical (unpaired) electrons. The molecule has 2 heterocycles. The first-order chi connectivity index (χ1) is 11.0. The number of para-hydroxylation sites is 1. The van der Waals surface area contributed by atoms with Gasteiger partial charge in [0.15, 0.2) is 0 Å². The van der Waals surface area contributed by atoms with E-state index in [2.05, 4.69) is 15.3 Å². The molecule has 0 unspecified atom stereocenters. The lowest BCUT2D eigenvalue weighted by molar-refractivity contribution is 0.0697. The largest absolute Gasteiger partial charge is 0.478 e. The molecule has 0 saturated heterocycles. The van der Waals surface area contributed by atoms with Gasteiger partial charge in [-0.3, -0.25) is 0 Å². The summed E-state index contributed by atoms with van der Waals surface area (Å²) in [6, 6.07) is 11.2. The fourth-order valence-electron chi connectivity index (χ4n) is 2.33. The van der Waals surface area contributed by atoms with Gasteiger partial charge in [-0.1, -0.05) is 18.2 Å². The monoisotopic (exact) mass is 308 g/mol. The molecule has 0 amide bonds. The smallest absolute Gasteiger partial charge is 0.337 e. The Bertz CT molecular complexity index is 871. The van der Waals surface area contributed by atoms with Crippen LogP contribution in [0.15, 0.2) is 48.8 Å². The summed E-state index contributed by atoms with van der Waals surface area (Å²) in [6.07, 6.45) is 3.21. The number of benzene rings is 1. The average Bonchev–Trinajstić information content (AvgIpc) is 2.92. The maximum Gasteiger partial charge on any atom is 0.337 e. The molecule has 3 rings (SSSR count). The Balaban J connectivity index is 1.94. The molecule has 116 valence electrons. The third kappa shape index (κ3) is 3.06. The SMILES string of the molecule is Cc1ccccc1Nc1nccc(-c2cc(C(=O)O)cn2C)n1. The molecule has 2 N–H and O–H groups in total. The van der Waals surface area contributed by atoms with Gasteiger partial charge >= 0.3 is 5.97 Å². The van der Waals surface area contributed by atoms with Gasteiger partial charge < -0.3 is 15.0 Å². The molecule has 3 aromatic rings. The highest BCUT2D eigenvalue weighted by Gasteiger charge is 2.12. The van der Waals surface area contributed by atoms with Crippen LogP contribution in [-0.4, -0.2) is 25.6 Å². The molecule has 2 aromatic heterocycles. The van der Waals surface area contributed by atoms with Crippen LogP contribution in [0.25, 0.3) is 11.4 Å². The number of aromatic carboxylic acids is 1. The number of carbonyl (C=O) groups is 1. The molecule has 0 saturated carbocycles. The first-order valence-corrected chi connectivity index (χ1v) is 7.10. The zero-order valence-electron chi connectivity index (χ0n) is 12.8. The molecular formula is C17H16N4O2. The van der Waals surface area contributed by atoms with Gasteiger partial charge in [-0.15, -0.1) is 0 Å². The summed E-state index contributed by atoms with van der Waals surface area (Å²) in [5.41, 5.74) is 3.63. The van der Waals surface area contributed by atoms with Crippen LogP contribution in [0.4, 0.5) is 11.6 Å². The number of rotatable bonds is 4. The number of nitrogens with one attached hydrogen (secondary N) is 1. The standard InChI is InChI=1S/C17H16N4O2/c1-11-5-3-4-6-13(11)19-17-18-8-7-14(20-17)15-9-12(16(22)23)10-21(15)2/h3-10H,1-2H3,(H,22,23)(H,18,19,20). The van der Waals surface area contributed by atoms with Gasteiger partial charge in [-0.25, -0.2) is 14.8 Å². The second-order valence-electron chi connectivity index (χ2n) is 5.24. The summed E-state index contributed by atoms with van der Waals surface area (Å²) in [6.45, 7) is 2.00. The fraction of sp³-hybridized carbons (Fsp3) is 0.118. The molecule has 6 heteroatoms. The van der Waals surface area contributed by atoms with E-state index in [0.717, 1.165) is 16.9 Å². The van der Waals surface area contributed by atoms with Crippen LogP contribution in [0, 0.1) is 6.92 Å². The highest BCUT2D eigenvalue weighted by atomic mass is 16.4. The van der Waals surface area contributed by atoms with Crippen LogP contribution >= 0.6 is 0 Å². The maximum absolute atomic E-state index is 11.1. The van der Waals surface area contributed by atoms with E-state index in [1.165, 1.54) is 0 Å². The Morgan fingerprint density at radius 2 is 2.04 bits per heavy atom. The molecule has 6 nitrogen and oxygen atoms in total. The van der Waals surface area contributed by atoms with E-state index < -0.39 is 5.97 Å². The number of anilines is 2. The number of aryl methyl sites for hydroxylation is 2. The van der Waals surface area contributed by atoms with Gasteiger partial charge in [-0.05, 0) is 30.7 Å². The van der Waals surface area contributed by atoms with E-state index in [4.69, 9.17) is 5.11 Å². The first-order valence-electron chi connectivity index (χ1n) is 7.10. The third-order valence-corrected chi connectivity index (χ3v) is 3.56. The predicted octanol–water partition coefficient (Wildman–Crippen LogP) is 3.23. The molecule has 0 aliphatic carbocycles. The Kier molecular flexibility index (Phi) is 3.80. The van der Waals surface area contributed by atoms with E-state index in [1.807, 2.05) is 31.2 Å². The normalized spacial score (nSPS) is 10.5. The highest BCUT2D eigenvalue weighted by Crippen LogP contribution is 2.22. The fourth-order valence-corrected chi connectivity index (χ4v) is 2.33. The lowest BCUT2D eigenvalue weighted by Crippen LogP contribution is -2.00. The molecule has 0 atom stereocenters. The topological polar surface area (TPSA) is 80.0 Å². The number of nitrogens with zero attached hydrogens (tertiary/aromatic N) is 3. The van der Waals surface area contributed by atoms with Gasteiger partial charge in [0.1, 0.15) is 0 Å². The first kappa shape index (κ1) is 14.8. The van der Waals surface area contributed by atoms with Crippen molar-refractivity contribution in [3.05, 3.63) is 59.9 Å². The molecule has 0 aliphatic heterocycles. The molecular weight excluding hydrogens is 292 g/mol. The van der Waals surface area contributed by atoms with Gasteiger partial charge in [0.05, 0.1) is 17.0 Å².